The average Bonchev–Trinajstić information content (AvgIpc) is 2.42. The standard InChI is InChI=1S/C15H14Br2O2/c1-2-19-12-5-3-4-10(8-12)15(18)11-6-7-13(16)14(17)9-11/h3-9,15,18H,2H2,1H3. The summed E-state index contributed by atoms with van der Waals surface area (Å²) in [5, 5.41) is 10.4. The lowest BCUT2D eigenvalue weighted by molar-refractivity contribution is 0.219. The highest BCUT2D eigenvalue weighted by atomic mass is 79.9. The molecule has 2 aromatic rings. The molecule has 2 aromatic carbocycles. The lowest BCUT2D eigenvalue weighted by Crippen LogP contribution is -2.00. The lowest BCUT2D eigenvalue weighted by atomic mass is 10.0. The zero-order valence-electron chi connectivity index (χ0n) is 10.4. The van der Waals surface area contributed by atoms with E-state index in [4.69, 9.17) is 4.74 Å². The molecule has 0 spiro atoms. The number of aliphatic hydroxyl groups is 1. The van der Waals surface area contributed by atoms with Gasteiger partial charge in [-0.3, -0.25) is 0 Å². The minimum atomic E-state index is -0.662. The molecule has 2 rings (SSSR count). The number of hydrogen-bond donors (Lipinski definition) is 1. The van der Waals surface area contributed by atoms with Crippen LogP contribution in [0.25, 0.3) is 0 Å². The van der Waals surface area contributed by atoms with Gasteiger partial charge in [-0.1, -0.05) is 18.2 Å². The first kappa shape index (κ1) is 14.6. The Morgan fingerprint density at radius 1 is 1.05 bits per heavy atom. The van der Waals surface area contributed by atoms with Gasteiger partial charge in [0.1, 0.15) is 11.9 Å². The van der Waals surface area contributed by atoms with E-state index in [-0.39, 0.29) is 0 Å². The summed E-state index contributed by atoms with van der Waals surface area (Å²) in [6, 6.07) is 13.2. The number of halogens is 2. The molecule has 19 heavy (non-hydrogen) atoms. The molecule has 0 fully saturated rings. The van der Waals surface area contributed by atoms with E-state index >= 15 is 0 Å². The van der Waals surface area contributed by atoms with Crippen LogP contribution in [-0.4, -0.2) is 11.7 Å². The molecule has 0 aromatic heterocycles. The molecule has 2 nitrogen and oxygen atoms in total. The van der Waals surface area contributed by atoms with Gasteiger partial charge in [-0.2, -0.15) is 0 Å². The fourth-order valence-electron chi connectivity index (χ4n) is 1.82. The third-order valence-electron chi connectivity index (χ3n) is 2.74. The van der Waals surface area contributed by atoms with Crippen LogP contribution in [0.3, 0.4) is 0 Å². The quantitative estimate of drug-likeness (QED) is 0.826. The molecular formula is C15H14Br2O2. The third kappa shape index (κ3) is 3.59. The predicted octanol–water partition coefficient (Wildman–Crippen LogP) is 4.69. The molecule has 1 atom stereocenters. The van der Waals surface area contributed by atoms with Crippen LogP contribution in [0.2, 0.25) is 0 Å². The van der Waals surface area contributed by atoms with Gasteiger partial charge in [-0.15, -0.1) is 0 Å². The van der Waals surface area contributed by atoms with Crippen LogP contribution in [-0.2, 0) is 0 Å². The molecule has 0 heterocycles. The van der Waals surface area contributed by atoms with Crippen molar-refractivity contribution in [3.63, 3.8) is 0 Å². The molecule has 0 aliphatic rings. The Morgan fingerprint density at radius 2 is 1.79 bits per heavy atom. The Bertz CT molecular complexity index is 570. The van der Waals surface area contributed by atoms with Crippen molar-refractivity contribution in [2.45, 2.75) is 13.0 Å². The van der Waals surface area contributed by atoms with Crippen molar-refractivity contribution in [2.75, 3.05) is 6.61 Å². The van der Waals surface area contributed by atoms with Crippen molar-refractivity contribution in [2.24, 2.45) is 0 Å². The monoisotopic (exact) mass is 384 g/mol. The van der Waals surface area contributed by atoms with E-state index in [0.717, 1.165) is 25.8 Å². The summed E-state index contributed by atoms with van der Waals surface area (Å²) in [5.41, 5.74) is 1.66. The zero-order valence-corrected chi connectivity index (χ0v) is 13.6. The first-order valence-electron chi connectivity index (χ1n) is 5.97. The van der Waals surface area contributed by atoms with Crippen LogP contribution < -0.4 is 4.74 Å². The van der Waals surface area contributed by atoms with Crippen molar-refractivity contribution < 1.29 is 9.84 Å². The SMILES string of the molecule is CCOc1cccc(C(O)c2ccc(Br)c(Br)c2)c1. The van der Waals surface area contributed by atoms with Crippen LogP contribution in [0, 0.1) is 0 Å². The summed E-state index contributed by atoms with van der Waals surface area (Å²) in [5.74, 6) is 0.773. The van der Waals surface area contributed by atoms with Crippen LogP contribution in [0.15, 0.2) is 51.4 Å². The minimum Gasteiger partial charge on any atom is -0.494 e. The molecule has 0 radical (unpaired) electrons. The largest absolute Gasteiger partial charge is 0.494 e. The fraction of sp³-hybridized carbons (Fsp3) is 0.200. The summed E-state index contributed by atoms with van der Waals surface area (Å²) < 4.78 is 7.33. The normalized spacial score (nSPS) is 12.2. The van der Waals surface area contributed by atoms with E-state index in [0.29, 0.717) is 6.61 Å². The topological polar surface area (TPSA) is 29.5 Å². The number of aliphatic hydroxyl groups excluding tert-OH is 1. The van der Waals surface area contributed by atoms with Gasteiger partial charge in [0.05, 0.1) is 6.61 Å². The Balaban J connectivity index is 2.29. The van der Waals surface area contributed by atoms with Gasteiger partial charge >= 0.3 is 0 Å². The first-order valence-corrected chi connectivity index (χ1v) is 7.56. The fourth-order valence-corrected chi connectivity index (χ4v) is 2.46. The highest BCUT2D eigenvalue weighted by molar-refractivity contribution is 9.13. The summed E-state index contributed by atoms with van der Waals surface area (Å²) in [6.07, 6.45) is -0.662. The molecular weight excluding hydrogens is 372 g/mol. The van der Waals surface area contributed by atoms with Gasteiger partial charge in [0.15, 0.2) is 0 Å². The second-order valence-electron chi connectivity index (χ2n) is 4.08. The van der Waals surface area contributed by atoms with Gasteiger partial charge in [0, 0.05) is 8.95 Å². The van der Waals surface area contributed by atoms with Crippen molar-refractivity contribution in [1.29, 1.82) is 0 Å². The molecule has 100 valence electrons. The van der Waals surface area contributed by atoms with E-state index in [1.165, 1.54) is 0 Å². The van der Waals surface area contributed by atoms with Crippen molar-refractivity contribution in [3.8, 4) is 5.75 Å². The summed E-state index contributed by atoms with van der Waals surface area (Å²) in [6.45, 7) is 2.55. The predicted molar refractivity (Wildman–Crippen MR) is 83.5 cm³/mol. The van der Waals surface area contributed by atoms with E-state index in [1.54, 1.807) is 0 Å². The van der Waals surface area contributed by atoms with Gasteiger partial charge < -0.3 is 9.84 Å². The van der Waals surface area contributed by atoms with Gasteiger partial charge in [0.2, 0.25) is 0 Å². The highest BCUT2D eigenvalue weighted by Gasteiger charge is 2.12. The molecule has 0 saturated heterocycles. The van der Waals surface area contributed by atoms with E-state index in [9.17, 15) is 5.11 Å². The Labute approximate surface area is 129 Å². The van der Waals surface area contributed by atoms with Gasteiger partial charge in [0.25, 0.3) is 0 Å². The number of ether oxygens (including phenoxy) is 1. The molecule has 1 unspecified atom stereocenters. The summed E-state index contributed by atoms with van der Waals surface area (Å²) in [4.78, 5) is 0. The van der Waals surface area contributed by atoms with Crippen LogP contribution in [0.4, 0.5) is 0 Å². The molecule has 0 amide bonds. The molecule has 4 heteroatoms. The van der Waals surface area contributed by atoms with Crippen molar-refractivity contribution in [1.82, 2.24) is 0 Å². The van der Waals surface area contributed by atoms with Crippen LogP contribution >= 0.6 is 31.9 Å². The Hall–Kier alpha value is -0.840. The van der Waals surface area contributed by atoms with E-state index in [1.807, 2.05) is 49.4 Å². The lowest BCUT2D eigenvalue weighted by Gasteiger charge is -2.13. The smallest absolute Gasteiger partial charge is 0.119 e. The summed E-state index contributed by atoms with van der Waals surface area (Å²) in [7, 11) is 0. The Morgan fingerprint density at radius 3 is 2.47 bits per heavy atom. The maximum atomic E-state index is 10.4. The van der Waals surface area contributed by atoms with Crippen LogP contribution in [0.1, 0.15) is 24.2 Å². The first-order chi connectivity index (χ1) is 9.11. The van der Waals surface area contributed by atoms with Crippen molar-refractivity contribution in [3.05, 3.63) is 62.5 Å². The highest BCUT2D eigenvalue weighted by Crippen LogP contribution is 2.30. The van der Waals surface area contributed by atoms with Crippen molar-refractivity contribution >= 4 is 31.9 Å². The van der Waals surface area contributed by atoms with Gasteiger partial charge in [-0.05, 0) is 74.2 Å². The molecule has 1 N–H and O–H groups in total. The molecule has 0 aliphatic heterocycles. The molecule has 0 bridgehead atoms. The minimum absolute atomic E-state index is 0.614. The zero-order chi connectivity index (χ0) is 13.8. The average molecular weight is 386 g/mol. The number of hydrogen-bond acceptors (Lipinski definition) is 2. The maximum Gasteiger partial charge on any atom is 0.119 e. The second-order valence-corrected chi connectivity index (χ2v) is 5.79. The third-order valence-corrected chi connectivity index (χ3v) is 4.62. The van der Waals surface area contributed by atoms with Gasteiger partial charge in [-0.25, -0.2) is 0 Å². The molecule has 0 aliphatic carbocycles. The second kappa shape index (κ2) is 6.55. The summed E-state index contributed by atoms with van der Waals surface area (Å²) >= 11 is 6.86. The van der Waals surface area contributed by atoms with E-state index < -0.39 is 6.10 Å². The molecule has 0 saturated carbocycles. The van der Waals surface area contributed by atoms with E-state index in [2.05, 4.69) is 31.9 Å². The Kier molecular flexibility index (Phi) is 5.02. The van der Waals surface area contributed by atoms with Crippen LogP contribution in [0.5, 0.6) is 5.75 Å². The maximum absolute atomic E-state index is 10.4. The number of benzene rings is 2. The number of rotatable bonds is 4.